The standard InChI is InChI=1S/C11H13ClF3N5O2/c12-7-4-20(6-11(13,14)15)18-9(7)17-8(21)5-19-3-1-2-16-10(19)22/h4H,1-3,5-6H2,(H,16,22)(H,17,18,21). The molecule has 0 saturated carbocycles. The molecule has 2 rings (SSSR count). The van der Waals surface area contributed by atoms with Gasteiger partial charge in [-0.1, -0.05) is 11.6 Å². The Hall–Kier alpha value is -1.97. The zero-order valence-corrected chi connectivity index (χ0v) is 12.0. The number of rotatable bonds is 4. The van der Waals surface area contributed by atoms with Crippen LogP contribution in [0, 0.1) is 0 Å². The molecule has 0 unspecified atom stereocenters. The van der Waals surface area contributed by atoms with E-state index >= 15 is 0 Å². The van der Waals surface area contributed by atoms with Crippen LogP contribution in [0.2, 0.25) is 5.02 Å². The van der Waals surface area contributed by atoms with Gasteiger partial charge in [0.25, 0.3) is 0 Å². The fourth-order valence-corrected chi connectivity index (χ4v) is 2.12. The van der Waals surface area contributed by atoms with Gasteiger partial charge in [0.2, 0.25) is 5.91 Å². The first-order valence-corrected chi connectivity index (χ1v) is 6.75. The van der Waals surface area contributed by atoms with Crippen LogP contribution in [0.1, 0.15) is 6.42 Å². The molecule has 0 spiro atoms. The molecule has 0 radical (unpaired) electrons. The number of aromatic nitrogens is 2. The number of carbonyl (C=O) groups is 2. The summed E-state index contributed by atoms with van der Waals surface area (Å²) in [4.78, 5) is 24.6. The highest BCUT2D eigenvalue weighted by atomic mass is 35.5. The lowest BCUT2D eigenvalue weighted by molar-refractivity contribution is -0.142. The minimum Gasteiger partial charge on any atom is -0.338 e. The minimum absolute atomic E-state index is 0.110. The van der Waals surface area contributed by atoms with Crippen molar-refractivity contribution in [2.24, 2.45) is 0 Å². The van der Waals surface area contributed by atoms with E-state index < -0.39 is 18.6 Å². The molecule has 22 heavy (non-hydrogen) atoms. The van der Waals surface area contributed by atoms with Gasteiger partial charge in [-0.05, 0) is 6.42 Å². The van der Waals surface area contributed by atoms with Crippen molar-refractivity contribution in [3.63, 3.8) is 0 Å². The normalized spacial score (nSPS) is 15.6. The van der Waals surface area contributed by atoms with Gasteiger partial charge in [0, 0.05) is 19.3 Å². The SMILES string of the molecule is O=C(CN1CCCNC1=O)Nc1nn(CC(F)(F)F)cc1Cl. The molecule has 122 valence electrons. The molecule has 3 amide bonds. The lowest BCUT2D eigenvalue weighted by Gasteiger charge is -2.26. The molecule has 1 fully saturated rings. The van der Waals surface area contributed by atoms with Crippen molar-refractivity contribution in [1.82, 2.24) is 20.0 Å². The Labute approximate surface area is 128 Å². The van der Waals surface area contributed by atoms with Crippen molar-refractivity contribution in [2.45, 2.75) is 19.1 Å². The molecule has 0 aromatic carbocycles. The Bertz CT molecular complexity index is 575. The molecule has 2 heterocycles. The first-order chi connectivity index (χ1) is 10.2. The van der Waals surface area contributed by atoms with E-state index in [1.807, 2.05) is 0 Å². The fraction of sp³-hybridized carbons (Fsp3) is 0.545. The zero-order valence-electron chi connectivity index (χ0n) is 11.3. The Morgan fingerprint density at radius 1 is 1.50 bits per heavy atom. The number of anilines is 1. The highest BCUT2D eigenvalue weighted by Crippen LogP contribution is 2.23. The molecular formula is C11H13ClF3N5O2. The summed E-state index contributed by atoms with van der Waals surface area (Å²) in [6.07, 6.45) is -2.76. The highest BCUT2D eigenvalue weighted by molar-refractivity contribution is 6.33. The molecule has 1 aromatic heterocycles. The second-order valence-corrected chi connectivity index (χ2v) is 5.10. The van der Waals surface area contributed by atoms with E-state index in [-0.39, 0.29) is 23.4 Å². The number of halogens is 4. The molecule has 0 atom stereocenters. The Morgan fingerprint density at radius 2 is 2.23 bits per heavy atom. The van der Waals surface area contributed by atoms with Gasteiger partial charge in [0.1, 0.15) is 18.1 Å². The number of nitrogens with zero attached hydrogens (tertiary/aromatic N) is 3. The van der Waals surface area contributed by atoms with Gasteiger partial charge in [0.05, 0.1) is 0 Å². The number of nitrogens with one attached hydrogen (secondary N) is 2. The fourth-order valence-electron chi connectivity index (χ4n) is 1.92. The molecule has 0 bridgehead atoms. The third-order valence-corrected chi connectivity index (χ3v) is 3.10. The second-order valence-electron chi connectivity index (χ2n) is 4.69. The van der Waals surface area contributed by atoms with Crippen LogP contribution in [0.25, 0.3) is 0 Å². The summed E-state index contributed by atoms with van der Waals surface area (Å²) in [6.45, 7) is -0.564. The van der Waals surface area contributed by atoms with Crippen molar-refractivity contribution >= 4 is 29.4 Å². The van der Waals surface area contributed by atoms with Crippen LogP contribution in [0.3, 0.4) is 0 Å². The number of amides is 3. The van der Waals surface area contributed by atoms with E-state index in [1.165, 1.54) is 4.90 Å². The van der Waals surface area contributed by atoms with Crippen molar-refractivity contribution in [3.05, 3.63) is 11.2 Å². The maximum atomic E-state index is 12.3. The van der Waals surface area contributed by atoms with Gasteiger partial charge in [-0.3, -0.25) is 9.48 Å². The van der Waals surface area contributed by atoms with E-state index in [4.69, 9.17) is 11.6 Å². The number of urea groups is 1. The van der Waals surface area contributed by atoms with Gasteiger partial charge in [-0.25, -0.2) is 4.79 Å². The molecule has 1 aromatic rings. The topological polar surface area (TPSA) is 79.3 Å². The van der Waals surface area contributed by atoms with Crippen molar-refractivity contribution in [1.29, 1.82) is 0 Å². The quantitative estimate of drug-likeness (QED) is 0.871. The van der Waals surface area contributed by atoms with Gasteiger partial charge in [-0.2, -0.15) is 18.3 Å². The number of alkyl halides is 3. The van der Waals surface area contributed by atoms with E-state index in [1.54, 1.807) is 0 Å². The van der Waals surface area contributed by atoms with Gasteiger partial charge in [-0.15, -0.1) is 0 Å². The monoisotopic (exact) mass is 339 g/mol. The first-order valence-electron chi connectivity index (χ1n) is 6.37. The summed E-state index contributed by atoms with van der Waals surface area (Å²) < 4.78 is 37.4. The van der Waals surface area contributed by atoms with Gasteiger partial charge in [0.15, 0.2) is 5.82 Å². The zero-order chi connectivity index (χ0) is 16.3. The summed E-state index contributed by atoms with van der Waals surface area (Å²) >= 11 is 5.73. The predicted octanol–water partition coefficient (Wildman–Crippen LogP) is 1.45. The summed E-state index contributed by atoms with van der Waals surface area (Å²) in [5.74, 6) is -0.760. The van der Waals surface area contributed by atoms with Crippen LogP contribution in [0.5, 0.6) is 0 Å². The Balaban J connectivity index is 1.95. The van der Waals surface area contributed by atoms with Gasteiger partial charge < -0.3 is 15.5 Å². The summed E-state index contributed by atoms with van der Waals surface area (Å²) in [5, 5.41) is 8.32. The lowest BCUT2D eigenvalue weighted by Crippen LogP contribution is -2.49. The summed E-state index contributed by atoms with van der Waals surface area (Å²) in [7, 11) is 0. The molecule has 2 N–H and O–H groups in total. The second kappa shape index (κ2) is 6.42. The number of hydrogen-bond donors (Lipinski definition) is 2. The number of hydrogen-bond acceptors (Lipinski definition) is 3. The van der Waals surface area contributed by atoms with E-state index in [2.05, 4.69) is 15.7 Å². The summed E-state index contributed by atoms with van der Waals surface area (Å²) in [6, 6.07) is -0.366. The predicted molar refractivity (Wildman–Crippen MR) is 71.5 cm³/mol. The summed E-state index contributed by atoms with van der Waals surface area (Å²) in [5.41, 5.74) is 0. The minimum atomic E-state index is -4.44. The maximum Gasteiger partial charge on any atom is 0.408 e. The third-order valence-electron chi connectivity index (χ3n) is 2.82. The largest absolute Gasteiger partial charge is 0.408 e. The average molecular weight is 340 g/mol. The molecule has 1 aliphatic heterocycles. The molecular weight excluding hydrogens is 327 g/mol. The Morgan fingerprint density at radius 3 is 2.86 bits per heavy atom. The maximum absolute atomic E-state index is 12.3. The molecule has 7 nitrogen and oxygen atoms in total. The lowest BCUT2D eigenvalue weighted by atomic mass is 10.3. The first kappa shape index (κ1) is 16.4. The molecule has 0 aliphatic carbocycles. The molecule has 11 heteroatoms. The van der Waals surface area contributed by atoms with E-state index in [9.17, 15) is 22.8 Å². The average Bonchev–Trinajstić information content (AvgIpc) is 2.70. The van der Waals surface area contributed by atoms with Crippen LogP contribution < -0.4 is 10.6 Å². The molecule has 1 aliphatic rings. The van der Waals surface area contributed by atoms with E-state index in [0.717, 1.165) is 6.20 Å². The highest BCUT2D eigenvalue weighted by Gasteiger charge is 2.29. The van der Waals surface area contributed by atoms with Crippen LogP contribution in [-0.2, 0) is 11.3 Å². The van der Waals surface area contributed by atoms with Crippen LogP contribution >= 0.6 is 11.6 Å². The smallest absolute Gasteiger partial charge is 0.338 e. The van der Waals surface area contributed by atoms with Crippen molar-refractivity contribution in [2.75, 3.05) is 25.0 Å². The third kappa shape index (κ3) is 4.52. The Kier molecular flexibility index (Phi) is 4.79. The van der Waals surface area contributed by atoms with Gasteiger partial charge >= 0.3 is 12.2 Å². The van der Waals surface area contributed by atoms with Crippen molar-refractivity contribution in [3.8, 4) is 0 Å². The number of carbonyl (C=O) groups excluding carboxylic acids is 2. The van der Waals surface area contributed by atoms with Crippen LogP contribution in [0.4, 0.5) is 23.8 Å². The van der Waals surface area contributed by atoms with Crippen LogP contribution in [-0.4, -0.2) is 52.4 Å². The van der Waals surface area contributed by atoms with E-state index in [0.29, 0.717) is 24.2 Å². The van der Waals surface area contributed by atoms with Crippen molar-refractivity contribution < 1.29 is 22.8 Å². The molecule has 1 saturated heterocycles. The van der Waals surface area contributed by atoms with Crippen LogP contribution in [0.15, 0.2) is 6.20 Å².